The minimum atomic E-state index is -3.70. The van der Waals surface area contributed by atoms with Gasteiger partial charge in [0, 0.05) is 24.7 Å². The molecule has 0 aliphatic carbocycles. The smallest absolute Gasteiger partial charge is 0.281 e. The highest BCUT2D eigenvalue weighted by molar-refractivity contribution is 7.89. The average molecular weight is 379 g/mol. The topological polar surface area (TPSA) is 81.0 Å². The first kappa shape index (κ1) is 16.6. The van der Waals surface area contributed by atoms with Crippen molar-refractivity contribution in [1.29, 1.82) is 0 Å². The van der Waals surface area contributed by atoms with Crippen molar-refractivity contribution in [3.63, 3.8) is 0 Å². The number of rotatable bonds is 2. The van der Waals surface area contributed by atoms with Gasteiger partial charge in [0.25, 0.3) is 5.56 Å². The van der Waals surface area contributed by atoms with Gasteiger partial charge in [0.2, 0.25) is 10.0 Å². The molecule has 0 N–H and O–H groups in total. The van der Waals surface area contributed by atoms with Gasteiger partial charge in [-0.15, -0.1) is 11.3 Å². The lowest BCUT2D eigenvalue weighted by molar-refractivity contribution is -0.0440. The fourth-order valence-electron chi connectivity index (χ4n) is 3.22. The lowest BCUT2D eigenvalue weighted by Crippen LogP contribution is -2.48. The molecule has 1 fully saturated rings. The van der Waals surface area contributed by atoms with Gasteiger partial charge in [-0.25, -0.2) is 8.42 Å². The number of sulfonamides is 1. The van der Waals surface area contributed by atoms with Crippen LogP contribution in [0.2, 0.25) is 0 Å². The normalized spacial score (nSPS) is 22.6. The van der Waals surface area contributed by atoms with Gasteiger partial charge in [-0.2, -0.15) is 9.29 Å². The largest absolute Gasteiger partial charge is 0.373 e. The van der Waals surface area contributed by atoms with Crippen molar-refractivity contribution in [2.75, 3.05) is 13.1 Å². The van der Waals surface area contributed by atoms with Gasteiger partial charge in [-0.3, -0.25) is 9.20 Å². The van der Waals surface area contributed by atoms with Gasteiger partial charge in [-0.05, 0) is 32.0 Å². The molecule has 132 valence electrons. The number of morpholine rings is 1. The number of benzene rings is 1. The molecule has 2 aromatic heterocycles. The van der Waals surface area contributed by atoms with Crippen LogP contribution in [0.15, 0.2) is 39.5 Å². The van der Waals surface area contributed by atoms with E-state index in [1.807, 2.05) is 25.4 Å². The van der Waals surface area contributed by atoms with Crippen molar-refractivity contribution in [3.05, 3.63) is 40.1 Å². The fourth-order valence-corrected chi connectivity index (χ4v) is 5.55. The first-order chi connectivity index (χ1) is 11.9. The van der Waals surface area contributed by atoms with Gasteiger partial charge in [0.05, 0.1) is 28.0 Å². The van der Waals surface area contributed by atoms with E-state index in [-0.39, 0.29) is 17.1 Å². The van der Waals surface area contributed by atoms with E-state index in [9.17, 15) is 13.2 Å². The number of nitrogens with zero attached hydrogens (tertiary/aromatic N) is 3. The Morgan fingerprint density at radius 3 is 2.68 bits per heavy atom. The van der Waals surface area contributed by atoms with Crippen LogP contribution in [-0.4, -0.2) is 47.4 Å². The minimum Gasteiger partial charge on any atom is -0.373 e. The third kappa shape index (κ3) is 2.77. The number of hydrogen-bond donors (Lipinski definition) is 0. The Kier molecular flexibility index (Phi) is 3.91. The summed E-state index contributed by atoms with van der Waals surface area (Å²) in [5.41, 5.74) is 0.233. The predicted molar refractivity (Wildman–Crippen MR) is 95.6 cm³/mol. The van der Waals surface area contributed by atoms with Gasteiger partial charge in [0.15, 0.2) is 4.96 Å². The van der Waals surface area contributed by atoms with E-state index < -0.39 is 15.6 Å². The molecule has 0 bridgehead atoms. The second kappa shape index (κ2) is 5.87. The Balaban J connectivity index is 1.85. The van der Waals surface area contributed by atoms with Crippen molar-refractivity contribution in [3.8, 4) is 0 Å². The van der Waals surface area contributed by atoms with Crippen LogP contribution >= 0.6 is 11.3 Å². The quantitative estimate of drug-likeness (QED) is 0.677. The molecule has 25 heavy (non-hydrogen) atoms. The second-order valence-electron chi connectivity index (χ2n) is 6.23. The molecule has 3 aromatic rings. The zero-order valence-corrected chi connectivity index (χ0v) is 15.4. The highest BCUT2D eigenvalue weighted by Gasteiger charge is 2.32. The summed E-state index contributed by atoms with van der Waals surface area (Å²) in [7, 11) is -3.70. The average Bonchev–Trinajstić information content (AvgIpc) is 3.02. The molecule has 1 aromatic carbocycles. The van der Waals surface area contributed by atoms with Gasteiger partial charge >= 0.3 is 0 Å². The maximum absolute atomic E-state index is 13.0. The summed E-state index contributed by atoms with van der Waals surface area (Å²) in [4.78, 5) is 17.0. The Morgan fingerprint density at radius 1 is 1.24 bits per heavy atom. The lowest BCUT2D eigenvalue weighted by atomic mass is 10.2. The summed E-state index contributed by atoms with van der Waals surface area (Å²) in [6.07, 6.45) is 1.47. The van der Waals surface area contributed by atoms with E-state index in [4.69, 9.17) is 4.74 Å². The van der Waals surface area contributed by atoms with E-state index >= 15 is 0 Å². The van der Waals surface area contributed by atoms with Crippen LogP contribution in [0.3, 0.4) is 0 Å². The molecule has 1 aliphatic rings. The van der Waals surface area contributed by atoms with Crippen LogP contribution in [0, 0.1) is 0 Å². The van der Waals surface area contributed by atoms with Crippen molar-refractivity contribution in [1.82, 2.24) is 13.7 Å². The standard InChI is InChI=1S/C16H17N3O4S2/c1-10-8-18(9-11(2)23-10)25(21,22)12-3-4-14-13(7-12)15(20)17-16-19(14)5-6-24-16/h3-7,10-11H,8-9H2,1-2H3. The van der Waals surface area contributed by atoms with Gasteiger partial charge in [-0.1, -0.05) is 0 Å². The van der Waals surface area contributed by atoms with E-state index in [1.165, 1.54) is 21.7 Å². The number of ether oxygens (including phenoxy) is 1. The second-order valence-corrected chi connectivity index (χ2v) is 9.04. The third-order valence-electron chi connectivity index (χ3n) is 4.27. The maximum Gasteiger partial charge on any atom is 0.281 e. The Hall–Kier alpha value is -1.81. The summed E-state index contributed by atoms with van der Waals surface area (Å²) in [5, 5.41) is 2.13. The molecular formula is C16H17N3O4S2. The van der Waals surface area contributed by atoms with E-state index in [2.05, 4.69) is 4.98 Å². The number of fused-ring (bicyclic) bond motifs is 3. The number of hydrogen-bond acceptors (Lipinski definition) is 6. The zero-order chi connectivity index (χ0) is 17.8. The Bertz CT molecular complexity index is 1110. The highest BCUT2D eigenvalue weighted by atomic mass is 32.2. The summed E-state index contributed by atoms with van der Waals surface area (Å²) in [6, 6.07) is 4.64. The molecule has 0 saturated carbocycles. The molecule has 0 amide bonds. The van der Waals surface area contributed by atoms with Gasteiger partial charge < -0.3 is 4.74 Å². The lowest BCUT2D eigenvalue weighted by Gasteiger charge is -2.34. The van der Waals surface area contributed by atoms with Crippen molar-refractivity contribution < 1.29 is 13.2 Å². The third-order valence-corrected chi connectivity index (χ3v) is 6.85. The van der Waals surface area contributed by atoms with Gasteiger partial charge in [0.1, 0.15) is 0 Å². The summed E-state index contributed by atoms with van der Waals surface area (Å²) < 4.78 is 34.8. The van der Waals surface area contributed by atoms with Crippen LogP contribution in [0.5, 0.6) is 0 Å². The molecule has 1 saturated heterocycles. The molecule has 2 unspecified atom stereocenters. The predicted octanol–water partition coefficient (Wildman–Crippen LogP) is 1.71. The first-order valence-electron chi connectivity index (χ1n) is 7.91. The molecule has 4 rings (SSSR count). The van der Waals surface area contributed by atoms with Crippen LogP contribution in [0.25, 0.3) is 15.9 Å². The monoisotopic (exact) mass is 379 g/mol. The van der Waals surface area contributed by atoms with Crippen LogP contribution in [0.4, 0.5) is 0 Å². The maximum atomic E-state index is 13.0. The molecule has 2 atom stereocenters. The molecule has 7 nitrogen and oxygen atoms in total. The first-order valence-corrected chi connectivity index (χ1v) is 10.2. The number of aromatic nitrogens is 2. The van der Waals surface area contributed by atoms with Crippen molar-refractivity contribution in [2.45, 2.75) is 31.0 Å². The molecule has 0 spiro atoms. The number of thiazole rings is 1. The summed E-state index contributed by atoms with van der Waals surface area (Å²) >= 11 is 1.36. The summed E-state index contributed by atoms with van der Waals surface area (Å²) in [5.74, 6) is 0. The van der Waals surface area contributed by atoms with Crippen molar-refractivity contribution in [2.24, 2.45) is 0 Å². The molecule has 3 heterocycles. The minimum absolute atomic E-state index is 0.107. The van der Waals surface area contributed by atoms with E-state index in [0.717, 1.165) is 0 Å². The highest BCUT2D eigenvalue weighted by Crippen LogP contribution is 2.24. The SMILES string of the molecule is CC1CN(S(=O)(=O)c2ccc3c(c2)c(=O)nc2sccn23)CC(C)O1. The molecule has 1 aliphatic heterocycles. The van der Waals surface area contributed by atoms with Crippen molar-refractivity contribution >= 4 is 37.2 Å². The molecule has 9 heteroatoms. The van der Waals surface area contributed by atoms with E-state index in [0.29, 0.717) is 29.0 Å². The molecular weight excluding hydrogens is 362 g/mol. The van der Waals surface area contributed by atoms with Crippen LogP contribution in [0.1, 0.15) is 13.8 Å². The summed E-state index contributed by atoms with van der Waals surface area (Å²) in [6.45, 7) is 4.29. The fraction of sp³-hybridized carbons (Fsp3) is 0.375. The Labute approximate surface area is 148 Å². The molecule has 0 radical (unpaired) electrons. The van der Waals surface area contributed by atoms with Crippen LogP contribution < -0.4 is 5.56 Å². The zero-order valence-electron chi connectivity index (χ0n) is 13.7. The Morgan fingerprint density at radius 2 is 1.96 bits per heavy atom. The van der Waals surface area contributed by atoms with Crippen LogP contribution in [-0.2, 0) is 14.8 Å². The van der Waals surface area contributed by atoms with E-state index in [1.54, 1.807) is 16.5 Å².